The Balaban J connectivity index is 2.13. The van der Waals surface area contributed by atoms with E-state index in [1.807, 2.05) is 19.2 Å². The highest BCUT2D eigenvalue weighted by atomic mass is 35.5. The third kappa shape index (κ3) is 4.20. The summed E-state index contributed by atoms with van der Waals surface area (Å²) in [5, 5.41) is 3.55. The quantitative estimate of drug-likeness (QED) is 0.813. The largest absolute Gasteiger partial charge is 0.319 e. The smallest absolute Gasteiger partial charge is 0.144 e. The van der Waals surface area contributed by atoms with E-state index in [1.54, 1.807) is 6.07 Å². The van der Waals surface area contributed by atoms with Crippen molar-refractivity contribution in [1.82, 2.24) is 5.32 Å². The van der Waals surface area contributed by atoms with Crippen LogP contribution in [0.1, 0.15) is 38.7 Å². The van der Waals surface area contributed by atoms with Crippen molar-refractivity contribution in [2.75, 3.05) is 13.6 Å². The van der Waals surface area contributed by atoms with Crippen LogP contribution in [0.5, 0.6) is 0 Å². The predicted molar refractivity (Wildman–Crippen MR) is 88.2 cm³/mol. The zero-order valence-electron chi connectivity index (χ0n) is 13.3. The first-order valence-electron chi connectivity index (χ1n) is 8.10. The van der Waals surface area contributed by atoms with Gasteiger partial charge in [0.25, 0.3) is 0 Å². The van der Waals surface area contributed by atoms with E-state index >= 15 is 0 Å². The highest BCUT2D eigenvalue weighted by Gasteiger charge is 2.32. The third-order valence-electron chi connectivity index (χ3n) is 5.10. The second kappa shape index (κ2) is 7.60. The lowest BCUT2D eigenvalue weighted by atomic mass is 9.68. The van der Waals surface area contributed by atoms with Crippen molar-refractivity contribution >= 4 is 11.6 Å². The monoisotopic (exact) mass is 311 g/mol. The molecule has 0 amide bonds. The van der Waals surface area contributed by atoms with E-state index in [1.165, 1.54) is 19.3 Å². The molecule has 1 aliphatic rings. The van der Waals surface area contributed by atoms with Gasteiger partial charge in [-0.2, -0.15) is 0 Å². The Morgan fingerprint density at radius 3 is 2.71 bits per heavy atom. The molecule has 0 spiro atoms. The van der Waals surface area contributed by atoms with Crippen LogP contribution in [-0.4, -0.2) is 13.6 Å². The van der Waals surface area contributed by atoms with Gasteiger partial charge in [0.05, 0.1) is 5.02 Å². The van der Waals surface area contributed by atoms with E-state index < -0.39 is 0 Å². The van der Waals surface area contributed by atoms with Crippen LogP contribution >= 0.6 is 11.6 Å². The SMILES string of the molecule is CNCC1CCC(C(C)C)CC1Cc1cccc(Cl)c1F. The molecule has 3 unspecified atom stereocenters. The van der Waals surface area contributed by atoms with Gasteiger partial charge in [0, 0.05) is 0 Å². The normalized spacial score (nSPS) is 26.3. The lowest BCUT2D eigenvalue weighted by Crippen LogP contribution is -2.34. The number of hydrogen-bond donors (Lipinski definition) is 1. The summed E-state index contributed by atoms with van der Waals surface area (Å²) in [7, 11) is 2.01. The molecule has 0 saturated heterocycles. The average Bonchev–Trinajstić information content (AvgIpc) is 2.45. The summed E-state index contributed by atoms with van der Waals surface area (Å²) in [6.45, 7) is 5.64. The molecule has 2 rings (SSSR count). The van der Waals surface area contributed by atoms with E-state index in [2.05, 4.69) is 19.2 Å². The molecule has 1 aromatic rings. The number of halogens is 2. The van der Waals surface area contributed by atoms with Gasteiger partial charge in [-0.3, -0.25) is 0 Å². The van der Waals surface area contributed by atoms with Crippen LogP contribution in [0.4, 0.5) is 4.39 Å². The lowest BCUT2D eigenvalue weighted by molar-refractivity contribution is 0.145. The number of rotatable bonds is 5. The lowest BCUT2D eigenvalue weighted by Gasteiger charge is -2.38. The van der Waals surface area contributed by atoms with Gasteiger partial charge in [-0.05, 0) is 74.6 Å². The zero-order chi connectivity index (χ0) is 15.4. The van der Waals surface area contributed by atoms with Crippen molar-refractivity contribution in [3.8, 4) is 0 Å². The number of benzene rings is 1. The van der Waals surface area contributed by atoms with Crippen LogP contribution in [0.25, 0.3) is 0 Å². The molecule has 1 saturated carbocycles. The Morgan fingerprint density at radius 1 is 1.29 bits per heavy atom. The minimum absolute atomic E-state index is 0.228. The topological polar surface area (TPSA) is 12.0 Å². The van der Waals surface area contributed by atoms with Crippen molar-refractivity contribution in [1.29, 1.82) is 0 Å². The molecule has 0 radical (unpaired) electrons. The van der Waals surface area contributed by atoms with Gasteiger partial charge in [-0.15, -0.1) is 0 Å². The van der Waals surface area contributed by atoms with E-state index in [-0.39, 0.29) is 10.8 Å². The predicted octanol–water partition coefficient (Wildman–Crippen LogP) is 4.93. The first kappa shape index (κ1) is 16.8. The molecular formula is C18H27ClFN. The second-order valence-corrected chi connectivity index (χ2v) is 7.22. The Bertz CT molecular complexity index is 461. The molecule has 0 bridgehead atoms. The summed E-state index contributed by atoms with van der Waals surface area (Å²) < 4.78 is 14.2. The van der Waals surface area contributed by atoms with Crippen molar-refractivity contribution in [2.45, 2.75) is 39.5 Å². The van der Waals surface area contributed by atoms with Crippen LogP contribution in [0.2, 0.25) is 5.02 Å². The van der Waals surface area contributed by atoms with Gasteiger partial charge in [-0.25, -0.2) is 4.39 Å². The first-order valence-corrected chi connectivity index (χ1v) is 8.48. The second-order valence-electron chi connectivity index (χ2n) is 6.81. The minimum atomic E-state index is -0.228. The molecule has 0 aliphatic heterocycles. The third-order valence-corrected chi connectivity index (χ3v) is 5.40. The molecule has 1 aromatic carbocycles. The van der Waals surface area contributed by atoms with Crippen LogP contribution in [0.15, 0.2) is 18.2 Å². The summed E-state index contributed by atoms with van der Waals surface area (Å²) in [5.41, 5.74) is 0.776. The highest BCUT2D eigenvalue weighted by molar-refractivity contribution is 6.30. The zero-order valence-corrected chi connectivity index (χ0v) is 14.1. The van der Waals surface area contributed by atoms with Gasteiger partial charge in [-0.1, -0.05) is 37.6 Å². The Labute approximate surface area is 133 Å². The van der Waals surface area contributed by atoms with Crippen molar-refractivity contribution in [2.24, 2.45) is 23.7 Å². The molecule has 0 heterocycles. The maximum atomic E-state index is 14.2. The summed E-state index contributed by atoms with van der Waals surface area (Å²) >= 11 is 5.92. The number of nitrogens with one attached hydrogen (secondary N) is 1. The fraction of sp³-hybridized carbons (Fsp3) is 0.667. The Morgan fingerprint density at radius 2 is 2.05 bits per heavy atom. The highest BCUT2D eigenvalue weighted by Crippen LogP contribution is 2.39. The first-order chi connectivity index (χ1) is 10.0. The van der Waals surface area contributed by atoms with Crippen molar-refractivity contribution in [3.63, 3.8) is 0 Å². The van der Waals surface area contributed by atoms with Gasteiger partial charge in [0.2, 0.25) is 0 Å². The standard InChI is InChI=1S/C18H27ClFN/c1-12(2)13-7-8-15(11-21-3)16(9-13)10-14-5-4-6-17(19)18(14)20/h4-6,12-13,15-16,21H,7-11H2,1-3H3. The molecule has 1 fully saturated rings. The molecule has 0 aromatic heterocycles. The molecule has 1 N–H and O–H groups in total. The fourth-order valence-corrected chi connectivity index (χ4v) is 3.93. The Hall–Kier alpha value is -0.600. The van der Waals surface area contributed by atoms with E-state index in [0.717, 1.165) is 24.4 Å². The van der Waals surface area contributed by atoms with Crippen LogP contribution in [0, 0.1) is 29.5 Å². The van der Waals surface area contributed by atoms with Gasteiger partial charge < -0.3 is 5.32 Å². The molecule has 1 aliphatic carbocycles. The number of hydrogen-bond acceptors (Lipinski definition) is 1. The molecule has 3 atom stereocenters. The fourth-order valence-electron chi connectivity index (χ4n) is 3.74. The summed E-state index contributed by atoms with van der Waals surface area (Å²) in [5.74, 6) is 2.45. The van der Waals surface area contributed by atoms with Gasteiger partial charge >= 0.3 is 0 Å². The van der Waals surface area contributed by atoms with Crippen LogP contribution in [-0.2, 0) is 6.42 Å². The molecule has 118 valence electrons. The van der Waals surface area contributed by atoms with E-state index in [0.29, 0.717) is 17.8 Å². The van der Waals surface area contributed by atoms with Crippen LogP contribution < -0.4 is 5.32 Å². The molecule has 21 heavy (non-hydrogen) atoms. The maximum absolute atomic E-state index is 14.2. The van der Waals surface area contributed by atoms with Crippen molar-refractivity contribution in [3.05, 3.63) is 34.6 Å². The molecular weight excluding hydrogens is 285 g/mol. The molecule has 1 nitrogen and oxygen atoms in total. The van der Waals surface area contributed by atoms with E-state index in [4.69, 9.17) is 11.6 Å². The van der Waals surface area contributed by atoms with E-state index in [9.17, 15) is 4.39 Å². The Kier molecular flexibility index (Phi) is 6.07. The van der Waals surface area contributed by atoms with Gasteiger partial charge in [0.1, 0.15) is 5.82 Å². The average molecular weight is 312 g/mol. The van der Waals surface area contributed by atoms with Gasteiger partial charge in [0.15, 0.2) is 0 Å². The molecule has 3 heteroatoms. The summed E-state index contributed by atoms with van der Waals surface area (Å²) in [4.78, 5) is 0. The minimum Gasteiger partial charge on any atom is -0.319 e. The van der Waals surface area contributed by atoms with Crippen LogP contribution in [0.3, 0.4) is 0 Å². The van der Waals surface area contributed by atoms with Crippen molar-refractivity contribution < 1.29 is 4.39 Å². The summed E-state index contributed by atoms with van der Waals surface area (Å²) in [6, 6.07) is 5.37. The summed E-state index contributed by atoms with van der Waals surface area (Å²) in [6.07, 6.45) is 4.56. The maximum Gasteiger partial charge on any atom is 0.144 e.